The third-order valence-electron chi connectivity index (χ3n) is 4.74. The first kappa shape index (κ1) is 17.5. The predicted octanol–water partition coefficient (Wildman–Crippen LogP) is 5.25. The Hall–Kier alpha value is -2.36. The summed E-state index contributed by atoms with van der Waals surface area (Å²) < 4.78 is 20.0. The van der Waals surface area contributed by atoms with Crippen molar-refractivity contribution in [2.45, 2.75) is 52.6 Å². The molecule has 1 aliphatic carbocycles. The van der Waals surface area contributed by atoms with Gasteiger partial charge in [0.05, 0.1) is 0 Å². The minimum Gasteiger partial charge on any atom is -0.486 e. The molecule has 1 N–H and O–H groups in total. The van der Waals surface area contributed by atoms with Crippen molar-refractivity contribution in [3.8, 4) is 5.75 Å². The number of aryl methyl sites for hydroxylation is 2. The Kier molecular flexibility index (Phi) is 5.07. The maximum atomic E-state index is 14.2. The van der Waals surface area contributed by atoms with Gasteiger partial charge in [-0.25, -0.2) is 4.39 Å². The maximum Gasteiger partial charge on any atom is 0.224 e. The second-order valence-corrected chi connectivity index (χ2v) is 6.70. The first-order chi connectivity index (χ1) is 12.0. The fraction of sp³-hybridized carbons (Fsp3) is 0.381. The zero-order valence-electron chi connectivity index (χ0n) is 15.0. The molecule has 1 fully saturated rings. The van der Waals surface area contributed by atoms with Crippen LogP contribution in [0, 0.1) is 19.7 Å². The monoisotopic (exact) mass is 341 g/mol. The Labute approximate surface area is 148 Å². The van der Waals surface area contributed by atoms with Crippen LogP contribution in [0.15, 0.2) is 30.3 Å². The molecule has 25 heavy (non-hydrogen) atoms. The summed E-state index contributed by atoms with van der Waals surface area (Å²) in [6.45, 7) is 5.88. The van der Waals surface area contributed by atoms with Gasteiger partial charge in [-0.3, -0.25) is 4.79 Å². The molecule has 4 heteroatoms. The van der Waals surface area contributed by atoms with Crippen LogP contribution >= 0.6 is 0 Å². The van der Waals surface area contributed by atoms with Gasteiger partial charge in [0, 0.05) is 17.7 Å². The number of carbonyl (C=O) groups is 1. The van der Waals surface area contributed by atoms with Crippen molar-refractivity contribution in [1.82, 2.24) is 0 Å². The van der Waals surface area contributed by atoms with Gasteiger partial charge < -0.3 is 10.1 Å². The number of hydrogen-bond donors (Lipinski definition) is 1. The second kappa shape index (κ2) is 7.26. The summed E-state index contributed by atoms with van der Waals surface area (Å²) in [5.41, 5.74) is 4.80. The van der Waals surface area contributed by atoms with Crippen molar-refractivity contribution in [3.05, 3.63) is 58.4 Å². The Balaban J connectivity index is 1.88. The maximum absolute atomic E-state index is 14.2. The van der Waals surface area contributed by atoms with E-state index in [-0.39, 0.29) is 24.1 Å². The molecule has 0 bridgehead atoms. The Bertz CT molecular complexity index is 797. The van der Waals surface area contributed by atoms with Crippen LogP contribution < -0.4 is 10.1 Å². The van der Waals surface area contributed by atoms with Crippen LogP contribution in [-0.4, -0.2) is 5.91 Å². The zero-order chi connectivity index (χ0) is 18.0. The Morgan fingerprint density at radius 3 is 2.64 bits per heavy atom. The molecule has 2 aromatic carbocycles. The van der Waals surface area contributed by atoms with Crippen LogP contribution in [0.1, 0.15) is 54.4 Å². The van der Waals surface area contributed by atoms with E-state index < -0.39 is 0 Å². The molecule has 0 heterocycles. The second-order valence-electron chi connectivity index (χ2n) is 6.70. The molecular formula is C21H24FNO2. The van der Waals surface area contributed by atoms with E-state index in [9.17, 15) is 9.18 Å². The van der Waals surface area contributed by atoms with Gasteiger partial charge >= 0.3 is 0 Å². The standard InChI is InChI=1S/C21H24FNO2/c1-4-21(24)23-19-7-5-6-16(15-8-9-15)17(19)12-25-20-11-14(3)13(2)10-18(20)22/h5-7,10-11,15H,4,8-9,12H2,1-3H3,(H,23,24). The highest BCUT2D eigenvalue weighted by atomic mass is 19.1. The van der Waals surface area contributed by atoms with Gasteiger partial charge in [0.1, 0.15) is 6.61 Å². The van der Waals surface area contributed by atoms with E-state index in [1.165, 1.54) is 11.6 Å². The highest BCUT2D eigenvalue weighted by Gasteiger charge is 2.27. The van der Waals surface area contributed by atoms with Crippen molar-refractivity contribution in [2.24, 2.45) is 0 Å². The molecule has 0 saturated heterocycles. The van der Waals surface area contributed by atoms with Crippen LogP contribution in [-0.2, 0) is 11.4 Å². The average molecular weight is 341 g/mol. The van der Waals surface area contributed by atoms with Gasteiger partial charge in [-0.1, -0.05) is 19.1 Å². The van der Waals surface area contributed by atoms with Gasteiger partial charge in [-0.05, 0) is 67.5 Å². The summed E-state index contributed by atoms with van der Waals surface area (Å²) >= 11 is 0. The van der Waals surface area contributed by atoms with Crippen LogP contribution in [0.5, 0.6) is 5.75 Å². The Morgan fingerprint density at radius 2 is 1.96 bits per heavy atom. The fourth-order valence-electron chi connectivity index (χ4n) is 2.91. The van der Waals surface area contributed by atoms with Gasteiger partial charge in [0.15, 0.2) is 11.6 Å². The lowest BCUT2D eigenvalue weighted by Gasteiger charge is -2.17. The number of carbonyl (C=O) groups excluding carboxylic acids is 1. The lowest BCUT2D eigenvalue weighted by molar-refractivity contribution is -0.115. The van der Waals surface area contributed by atoms with Crippen LogP contribution in [0.2, 0.25) is 0 Å². The van der Waals surface area contributed by atoms with Crippen LogP contribution in [0.25, 0.3) is 0 Å². The van der Waals surface area contributed by atoms with Gasteiger partial charge in [0.25, 0.3) is 0 Å². The van der Waals surface area contributed by atoms with E-state index >= 15 is 0 Å². The number of nitrogens with one attached hydrogen (secondary N) is 1. The molecular weight excluding hydrogens is 317 g/mol. The first-order valence-electron chi connectivity index (χ1n) is 8.80. The van der Waals surface area contributed by atoms with E-state index in [4.69, 9.17) is 4.74 Å². The van der Waals surface area contributed by atoms with E-state index in [2.05, 4.69) is 11.4 Å². The number of benzene rings is 2. The number of amides is 1. The Morgan fingerprint density at radius 1 is 1.24 bits per heavy atom. The minimum atomic E-state index is -0.355. The number of halogens is 1. The summed E-state index contributed by atoms with van der Waals surface area (Å²) in [6, 6.07) is 9.15. The summed E-state index contributed by atoms with van der Waals surface area (Å²) in [5, 5.41) is 2.94. The summed E-state index contributed by atoms with van der Waals surface area (Å²) in [7, 11) is 0. The molecule has 1 saturated carbocycles. The molecule has 1 amide bonds. The number of anilines is 1. The smallest absolute Gasteiger partial charge is 0.224 e. The van der Waals surface area contributed by atoms with Crippen molar-refractivity contribution < 1.29 is 13.9 Å². The third-order valence-corrected chi connectivity index (χ3v) is 4.74. The molecule has 3 nitrogen and oxygen atoms in total. The van der Waals surface area contributed by atoms with Crippen molar-refractivity contribution in [2.75, 3.05) is 5.32 Å². The molecule has 0 spiro atoms. The molecule has 0 radical (unpaired) electrons. The van der Waals surface area contributed by atoms with Crippen LogP contribution in [0.3, 0.4) is 0 Å². The minimum absolute atomic E-state index is 0.0356. The summed E-state index contributed by atoms with van der Waals surface area (Å²) in [5.74, 6) is 0.376. The largest absolute Gasteiger partial charge is 0.486 e. The van der Waals surface area contributed by atoms with E-state index in [0.717, 1.165) is 35.2 Å². The highest BCUT2D eigenvalue weighted by Crippen LogP contribution is 2.43. The molecule has 3 rings (SSSR count). The average Bonchev–Trinajstić information content (AvgIpc) is 3.42. The predicted molar refractivity (Wildman–Crippen MR) is 97.5 cm³/mol. The first-order valence-corrected chi connectivity index (χ1v) is 8.80. The van der Waals surface area contributed by atoms with E-state index in [1.807, 2.05) is 32.9 Å². The van der Waals surface area contributed by atoms with Crippen molar-refractivity contribution >= 4 is 11.6 Å². The topological polar surface area (TPSA) is 38.3 Å². The lowest BCUT2D eigenvalue weighted by atomic mass is 10.0. The molecule has 0 atom stereocenters. The zero-order valence-corrected chi connectivity index (χ0v) is 15.0. The molecule has 0 unspecified atom stereocenters. The number of ether oxygens (including phenoxy) is 1. The summed E-state index contributed by atoms with van der Waals surface area (Å²) in [6.07, 6.45) is 2.71. The molecule has 0 aromatic heterocycles. The third kappa shape index (κ3) is 4.01. The fourth-order valence-corrected chi connectivity index (χ4v) is 2.91. The van der Waals surface area contributed by atoms with E-state index in [0.29, 0.717) is 12.3 Å². The number of hydrogen-bond acceptors (Lipinski definition) is 2. The van der Waals surface area contributed by atoms with Gasteiger partial charge in [-0.15, -0.1) is 0 Å². The highest BCUT2D eigenvalue weighted by molar-refractivity contribution is 5.91. The van der Waals surface area contributed by atoms with Crippen LogP contribution in [0.4, 0.5) is 10.1 Å². The molecule has 132 valence electrons. The molecule has 0 aliphatic heterocycles. The molecule has 1 aliphatic rings. The van der Waals surface area contributed by atoms with Gasteiger partial charge in [0.2, 0.25) is 5.91 Å². The molecule has 2 aromatic rings. The quantitative estimate of drug-likeness (QED) is 0.779. The normalized spacial score (nSPS) is 13.6. The van der Waals surface area contributed by atoms with E-state index in [1.54, 1.807) is 6.07 Å². The van der Waals surface area contributed by atoms with Crippen molar-refractivity contribution in [1.29, 1.82) is 0 Å². The lowest BCUT2D eigenvalue weighted by Crippen LogP contribution is -2.13. The number of rotatable bonds is 6. The van der Waals surface area contributed by atoms with Gasteiger partial charge in [-0.2, -0.15) is 0 Å². The summed E-state index contributed by atoms with van der Waals surface area (Å²) in [4.78, 5) is 11.8. The van der Waals surface area contributed by atoms with Crippen molar-refractivity contribution in [3.63, 3.8) is 0 Å². The SMILES string of the molecule is CCC(=O)Nc1cccc(C2CC2)c1COc1cc(C)c(C)cc1F.